The largest absolute Gasteiger partial charge is 0.496 e. The van der Waals surface area contributed by atoms with Crippen LogP contribution in [-0.4, -0.2) is 22.6 Å². The van der Waals surface area contributed by atoms with E-state index in [-0.39, 0.29) is 5.91 Å². The summed E-state index contributed by atoms with van der Waals surface area (Å²) in [4.78, 5) is 16.5. The van der Waals surface area contributed by atoms with Gasteiger partial charge in [0.25, 0.3) is 0 Å². The second-order valence-corrected chi connectivity index (χ2v) is 4.56. The van der Waals surface area contributed by atoms with E-state index >= 15 is 0 Å². The van der Waals surface area contributed by atoms with Crippen molar-refractivity contribution in [2.24, 2.45) is 0 Å². The molecule has 92 valence electrons. The first-order valence-corrected chi connectivity index (χ1v) is 5.94. The Hall–Kier alpha value is -2.10. The van der Waals surface area contributed by atoms with Crippen LogP contribution in [0.25, 0.3) is 0 Å². The predicted molar refractivity (Wildman–Crippen MR) is 66.8 cm³/mol. The summed E-state index contributed by atoms with van der Waals surface area (Å²) in [7, 11) is 1.64. The molecule has 1 aliphatic carbocycles. The highest BCUT2D eigenvalue weighted by Gasteiger charge is 2.53. The molecule has 0 spiro atoms. The molecule has 0 N–H and O–H groups in total. The zero-order valence-electron chi connectivity index (χ0n) is 10.2. The van der Waals surface area contributed by atoms with Crippen LogP contribution in [-0.2, 0) is 5.41 Å². The number of para-hydroxylation sites is 1. The molecule has 1 heterocycles. The Kier molecular flexibility index (Phi) is 2.44. The molecule has 0 atom stereocenters. The van der Waals surface area contributed by atoms with Crippen molar-refractivity contribution in [1.82, 2.24) is 9.55 Å². The zero-order valence-corrected chi connectivity index (χ0v) is 10.2. The Morgan fingerprint density at radius 3 is 2.78 bits per heavy atom. The second-order valence-electron chi connectivity index (χ2n) is 4.56. The molecule has 3 rings (SSSR count). The Balaban J connectivity index is 2.03. The number of methoxy groups -OCH3 is 1. The normalized spacial score (nSPS) is 16.3. The van der Waals surface area contributed by atoms with Crippen molar-refractivity contribution < 1.29 is 9.53 Å². The summed E-state index contributed by atoms with van der Waals surface area (Å²) in [5.41, 5.74) is 0.555. The van der Waals surface area contributed by atoms with Crippen LogP contribution in [0.2, 0.25) is 0 Å². The number of hydrogen-bond acceptors (Lipinski definition) is 3. The second kappa shape index (κ2) is 3.98. The van der Waals surface area contributed by atoms with Crippen molar-refractivity contribution >= 4 is 5.91 Å². The lowest BCUT2D eigenvalue weighted by Gasteiger charge is -2.17. The third-order valence-corrected chi connectivity index (χ3v) is 3.52. The summed E-state index contributed by atoms with van der Waals surface area (Å²) in [5, 5.41) is 0. The molecule has 0 amide bonds. The standard InChI is InChI=1S/C14H14N2O2/c1-18-12-5-3-2-4-11(12)14(6-7-14)13(17)16-9-8-15-10-16/h2-5,8-10H,6-7H2,1H3. The van der Waals surface area contributed by atoms with Crippen LogP contribution in [0, 0.1) is 0 Å². The van der Waals surface area contributed by atoms with E-state index in [9.17, 15) is 4.79 Å². The minimum Gasteiger partial charge on any atom is -0.496 e. The molecule has 4 heteroatoms. The van der Waals surface area contributed by atoms with Gasteiger partial charge in [0.15, 0.2) is 0 Å². The molecular formula is C14H14N2O2. The summed E-state index contributed by atoms with van der Waals surface area (Å²) in [6.07, 6.45) is 6.60. The predicted octanol–water partition coefficient (Wildman–Crippen LogP) is 2.26. The van der Waals surface area contributed by atoms with Crippen molar-refractivity contribution in [2.75, 3.05) is 7.11 Å². The van der Waals surface area contributed by atoms with E-state index in [1.54, 1.807) is 30.4 Å². The summed E-state index contributed by atoms with van der Waals surface area (Å²) >= 11 is 0. The number of carbonyl (C=O) groups is 1. The van der Waals surface area contributed by atoms with Crippen LogP contribution in [0.1, 0.15) is 23.2 Å². The van der Waals surface area contributed by atoms with Crippen LogP contribution in [0.3, 0.4) is 0 Å². The quantitative estimate of drug-likeness (QED) is 0.829. The van der Waals surface area contributed by atoms with Crippen LogP contribution >= 0.6 is 0 Å². The van der Waals surface area contributed by atoms with Crippen LogP contribution in [0.5, 0.6) is 5.75 Å². The summed E-state index contributed by atoms with van der Waals surface area (Å²) in [5.74, 6) is 0.855. The fourth-order valence-electron chi connectivity index (χ4n) is 2.39. The molecule has 1 fully saturated rings. The van der Waals surface area contributed by atoms with Crippen molar-refractivity contribution in [3.63, 3.8) is 0 Å². The van der Waals surface area contributed by atoms with E-state index in [1.165, 1.54) is 0 Å². The van der Waals surface area contributed by atoms with Gasteiger partial charge in [-0.1, -0.05) is 18.2 Å². The third-order valence-electron chi connectivity index (χ3n) is 3.52. The first kappa shape index (κ1) is 11.0. The lowest BCUT2D eigenvalue weighted by molar-refractivity contribution is 0.0860. The molecule has 1 aliphatic rings. The van der Waals surface area contributed by atoms with Crippen molar-refractivity contribution in [3.8, 4) is 5.75 Å². The monoisotopic (exact) mass is 242 g/mol. The molecular weight excluding hydrogens is 228 g/mol. The van der Waals surface area contributed by atoms with Gasteiger partial charge >= 0.3 is 0 Å². The molecule has 0 saturated heterocycles. The number of aromatic nitrogens is 2. The zero-order chi connectivity index (χ0) is 12.6. The molecule has 0 unspecified atom stereocenters. The van der Waals surface area contributed by atoms with Gasteiger partial charge in [-0.05, 0) is 18.9 Å². The van der Waals surface area contributed by atoms with Gasteiger partial charge in [-0.25, -0.2) is 4.98 Å². The molecule has 1 aromatic carbocycles. The number of nitrogens with zero attached hydrogens (tertiary/aromatic N) is 2. The lowest BCUT2D eigenvalue weighted by Crippen LogP contribution is -2.26. The number of imidazole rings is 1. The van der Waals surface area contributed by atoms with Crippen molar-refractivity contribution in [2.45, 2.75) is 18.3 Å². The molecule has 4 nitrogen and oxygen atoms in total. The Bertz CT molecular complexity index is 571. The minimum absolute atomic E-state index is 0.0736. The molecule has 2 aromatic rings. The van der Waals surface area contributed by atoms with Gasteiger partial charge in [0.1, 0.15) is 12.1 Å². The Morgan fingerprint density at radius 2 is 2.17 bits per heavy atom. The SMILES string of the molecule is COc1ccccc1C1(C(=O)n2ccnc2)CC1. The van der Waals surface area contributed by atoms with Crippen molar-refractivity contribution in [1.29, 1.82) is 0 Å². The Morgan fingerprint density at radius 1 is 1.39 bits per heavy atom. The highest BCUT2D eigenvalue weighted by atomic mass is 16.5. The number of carbonyl (C=O) groups excluding carboxylic acids is 1. The van der Waals surface area contributed by atoms with Gasteiger partial charge in [-0.2, -0.15) is 0 Å². The number of benzene rings is 1. The average Bonchev–Trinajstić information content (AvgIpc) is 3.04. The van der Waals surface area contributed by atoms with Crippen molar-refractivity contribution in [3.05, 3.63) is 48.5 Å². The van der Waals surface area contributed by atoms with E-state index in [1.807, 2.05) is 24.3 Å². The molecule has 1 aromatic heterocycles. The topological polar surface area (TPSA) is 44.1 Å². The van der Waals surface area contributed by atoms with Crippen LogP contribution < -0.4 is 4.74 Å². The molecule has 18 heavy (non-hydrogen) atoms. The number of rotatable bonds is 3. The molecule has 0 radical (unpaired) electrons. The van der Waals surface area contributed by atoms with E-state index in [0.29, 0.717) is 0 Å². The van der Waals surface area contributed by atoms with E-state index in [4.69, 9.17) is 4.74 Å². The highest BCUT2D eigenvalue weighted by molar-refractivity contribution is 5.93. The average molecular weight is 242 g/mol. The van der Waals surface area contributed by atoms with Crippen LogP contribution in [0.4, 0.5) is 0 Å². The van der Waals surface area contributed by atoms with Gasteiger partial charge < -0.3 is 4.74 Å². The van der Waals surface area contributed by atoms with E-state index < -0.39 is 5.41 Å². The maximum absolute atomic E-state index is 12.5. The first-order chi connectivity index (χ1) is 8.78. The van der Waals surface area contributed by atoms with Gasteiger partial charge in [0.2, 0.25) is 5.91 Å². The number of hydrogen-bond donors (Lipinski definition) is 0. The first-order valence-electron chi connectivity index (χ1n) is 5.94. The Labute approximate surface area is 105 Å². The third kappa shape index (κ3) is 1.53. The van der Waals surface area contributed by atoms with Gasteiger partial charge in [0.05, 0.1) is 12.5 Å². The highest BCUT2D eigenvalue weighted by Crippen LogP contribution is 2.52. The van der Waals surface area contributed by atoms with Gasteiger partial charge in [0, 0.05) is 18.0 Å². The van der Waals surface area contributed by atoms with Gasteiger partial charge in [-0.3, -0.25) is 9.36 Å². The molecule has 1 saturated carbocycles. The summed E-state index contributed by atoms with van der Waals surface area (Å²) in [6.45, 7) is 0. The smallest absolute Gasteiger partial charge is 0.242 e. The van der Waals surface area contributed by atoms with E-state index in [2.05, 4.69) is 4.98 Å². The minimum atomic E-state index is -0.423. The van der Waals surface area contributed by atoms with Crippen LogP contribution in [0.15, 0.2) is 43.0 Å². The van der Waals surface area contributed by atoms with E-state index in [0.717, 1.165) is 24.2 Å². The summed E-state index contributed by atoms with van der Waals surface area (Å²) < 4.78 is 6.92. The maximum atomic E-state index is 12.5. The van der Waals surface area contributed by atoms with Gasteiger partial charge in [-0.15, -0.1) is 0 Å². The molecule has 0 aliphatic heterocycles. The summed E-state index contributed by atoms with van der Waals surface area (Å²) in [6, 6.07) is 7.73. The lowest BCUT2D eigenvalue weighted by atomic mass is 9.94. The maximum Gasteiger partial charge on any atom is 0.242 e. The number of ether oxygens (including phenoxy) is 1. The fraction of sp³-hybridized carbons (Fsp3) is 0.286. The fourth-order valence-corrected chi connectivity index (χ4v) is 2.39. The molecule has 0 bridgehead atoms.